The highest BCUT2D eigenvalue weighted by Crippen LogP contribution is 2.23. The standard InChI is InChI=1S/C43H85NO8/c1-3-5-7-9-11-13-14-15-16-17-18-19-20-21-22-23-25-27-29-31-33-39(47)44-36(37(46)32-30-28-26-24-12-10-8-6-4-2)35-51-43-42(50)41(49)40(48)38(34-45)52-43/h36-38,40-43,45-46,48-50H,3-35H2,1-2H3,(H,44,47)/t36-,37+,38+,40+,41?,42?,43+/m0/s1. The van der Waals surface area contributed by atoms with E-state index in [1.54, 1.807) is 0 Å². The Morgan fingerprint density at radius 2 is 0.962 bits per heavy atom. The van der Waals surface area contributed by atoms with Crippen molar-refractivity contribution in [2.75, 3.05) is 13.2 Å². The fourth-order valence-electron chi connectivity index (χ4n) is 7.34. The number of rotatable bonds is 37. The van der Waals surface area contributed by atoms with Crippen molar-refractivity contribution in [3.8, 4) is 0 Å². The minimum atomic E-state index is -1.55. The highest BCUT2D eigenvalue weighted by Gasteiger charge is 2.44. The van der Waals surface area contributed by atoms with E-state index < -0.39 is 49.5 Å². The molecular formula is C43H85NO8. The van der Waals surface area contributed by atoms with Gasteiger partial charge in [-0.3, -0.25) is 4.79 Å². The average Bonchev–Trinajstić information content (AvgIpc) is 3.14. The zero-order chi connectivity index (χ0) is 38.1. The Labute approximate surface area is 319 Å². The second-order valence-corrected chi connectivity index (χ2v) is 15.9. The van der Waals surface area contributed by atoms with Crippen molar-refractivity contribution in [1.29, 1.82) is 0 Å². The van der Waals surface area contributed by atoms with Crippen LogP contribution in [0.4, 0.5) is 0 Å². The third kappa shape index (κ3) is 25.3. The van der Waals surface area contributed by atoms with E-state index in [-0.39, 0.29) is 12.5 Å². The molecule has 52 heavy (non-hydrogen) atoms. The normalized spacial score (nSPS) is 21.7. The zero-order valence-corrected chi connectivity index (χ0v) is 33.8. The zero-order valence-electron chi connectivity index (χ0n) is 33.8. The first kappa shape index (κ1) is 49.2. The fourth-order valence-corrected chi connectivity index (χ4v) is 7.34. The average molecular weight is 744 g/mol. The maximum Gasteiger partial charge on any atom is 0.220 e. The van der Waals surface area contributed by atoms with Gasteiger partial charge < -0.3 is 40.3 Å². The molecule has 0 aromatic carbocycles. The number of unbranched alkanes of at least 4 members (excludes halogenated alkanes) is 27. The Balaban J connectivity index is 2.25. The largest absolute Gasteiger partial charge is 0.394 e. The summed E-state index contributed by atoms with van der Waals surface area (Å²) in [5, 5.41) is 54.1. The van der Waals surface area contributed by atoms with Crippen LogP contribution in [0, 0.1) is 0 Å². The maximum absolute atomic E-state index is 12.9. The van der Waals surface area contributed by atoms with Gasteiger partial charge in [0.2, 0.25) is 5.91 Å². The summed E-state index contributed by atoms with van der Waals surface area (Å²) in [6, 6.07) is -0.709. The van der Waals surface area contributed by atoms with Crippen LogP contribution < -0.4 is 5.32 Å². The summed E-state index contributed by atoms with van der Waals surface area (Å²) in [6.45, 7) is 3.82. The second-order valence-electron chi connectivity index (χ2n) is 15.9. The van der Waals surface area contributed by atoms with E-state index in [9.17, 15) is 30.3 Å². The van der Waals surface area contributed by atoms with Gasteiger partial charge in [0.25, 0.3) is 0 Å². The summed E-state index contributed by atoms with van der Waals surface area (Å²) in [5.41, 5.74) is 0. The quantitative estimate of drug-likeness (QED) is 0.0346. The van der Waals surface area contributed by atoms with Gasteiger partial charge in [-0.25, -0.2) is 0 Å². The molecule has 7 atom stereocenters. The molecule has 0 bridgehead atoms. The van der Waals surface area contributed by atoms with Crippen molar-refractivity contribution in [3.63, 3.8) is 0 Å². The Kier molecular flexibility index (Phi) is 32.8. The first-order valence-electron chi connectivity index (χ1n) is 22.2. The van der Waals surface area contributed by atoms with Crippen molar-refractivity contribution < 1.29 is 39.8 Å². The topological polar surface area (TPSA) is 149 Å². The molecule has 0 saturated carbocycles. The molecule has 1 fully saturated rings. The van der Waals surface area contributed by atoms with E-state index in [2.05, 4.69) is 19.2 Å². The van der Waals surface area contributed by atoms with Gasteiger partial charge in [-0.05, 0) is 12.8 Å². The molecule has 1 heterocycles. The molecule has 9 heteroatoms. The summed E-state index contributed by atoms with van der Waals surface area (Å²) >= 11 is 0. The predicted octanol–water partition coefficient (Wildman–Crippen LogP) is 8.78. The van der Waals surface area contributed by atoms with Crippen LogP contribution in [-0.4, -0.2) is 87.5 Å². The van der Waals surface area contributed by atoms with Crippen LogP contribution >= 0.6 is 0 Å². The Hall–Kier alpha value is -0.810. The molecule has 1 saturated heterocycles. The molecule has 0 spiro atoms. The van der Waals surface area contributed by atoms with Gasteiger partial charge in [-0.2, -0.15) is 0 Å². The SMILES string of the molecule is CCCCCCCCCCCCCCCCCCCCCCC(=O)N[C@@H](CO[C@@H]1O[C@H](CO)[C@@H](O)C(O)C1O)[C@H](O)CCCCCCCCCCC. The predicted molar refractivity (Wildman–Crippen MR) is 212 cm³/mol. The Morgan fingerprint density at radius 1 is 0.577 bits per heavy atom. The molecule has 1 aliphatic rings. The Bertz CT molecular complexity index is 786. The molecule has 6 N–H and O–H groups in total. The highest BCUT2D eigenvalue weighted by molar-refractivity contribution is 5.76. The van der Waals surface area contributed by atoms with Gasteiger partial charge in [0.05, 0.1) is 25.4 Å². The summed E-state index contributed by atoms with van der Waals surface area (Å²) in [4.78, 5) is 12.9. The lowest BCUT2D eigenvalue weighted by Crippen LogP contribution is -2.60. The van der Waals surface area contributed by atoms with Crippen LogP contribution in [0.2, 0.25) is 0 Å². The fraction of sp³-hybridized carbons (Fsp3) is 0.977. The van der Waals surface area contributed by atoms with Crippen molar-refractivity contribution in [2.45, 2.75) is 256 Å². The van der Waals surface area contributed by atoms with Gasteiger partial charge in [-0.15, -0.1) is 0 Å². The molecular weight excluding hydrogens is 658 g/mol. The molecule has 2 unspecified atom stereocenters. The smallest absolute Gasteiger partial charge is 0.220 e. The molecule has 1 amide bonds. The van der Waals surface area contributed by atoms with Gasteiger partial charge >= 0.3 is 0 Å². The van der Waals surface area contributed by atoms with Gasteiger partial charge in [0.1, 0.15) is 24.4 Å². The van der Waals surface area contributed by atoms with Crippen molar-refractivity contribution in [1.82, 2.24) is 5.32 Å². The molecule has 0 aromatic heterocycles. The number of hydrogen-bond donors (Lipinski definition) is 6. The number of aliphatic hydroxyl groups excluding tert-OH is 5. The number of amides is 1. The van der Waals surface area contributed by atoms with Crippen molar-refractivity contribution in [3.05, 3.63) is 0 Å². The van der Waals surface area contributed by atoms with E-state index >= 15 is 0 Å². The molecule has 1 rings (SSSR count). The molecule has 9 nitrogen and oxygen atoms in total. The third-order valence-corrected chi connectivity index (χ3v) is 11.0. The van der Waals surface area contributed by atoms with E-state index in [0.717, 1.165) is 38.5 Å². The lowest BCUT2D eigenvalue weighted by Gasteiger charge is -2.40. The number of carbonyl (C=O) groups is 1. The van der Waals surface area contributed by atoms with E-state index in [1.165, 1.54) is 148 Å². The first-order chi connectivity index (χ1) is 25.3. The molecule has 0 radical (unpaired) electrons. The number of aliphatic hydroxyl groups is 5. The van der Waals surface area contributed by atoms with Crippen LogP contribution in [0.5, 0.6) is 0 Å². The second kappa shape index (κ2) is 34.7. The number of carbonyl (C=O) groups excluding carboxylic acids is 1. The van der Waals surface area contributed by atoms with Crippen molar-refractivity contribution in [2.24, 2.45) is 0 Å². The first-order valence-corrected chi connectivity index (χ1v) is 22.2. The van der Waals surface area contributed by atoms with Crippen molar-refractivity contribution >= 4 is 5.91 Å². The molecule has 310 valence electrons. The van der Waals surface area contributed by atoms with E-state index in [4.69, 9.17) is 9.47 Å². The van der Waals surface area contributed by atoms with Crippen LogP contribution in [0.1, 0.15) is 213 Å². The van der Waals surface area contributed by atoms with Crippen LogP contribution in [0.25, 0.3) is 0 Å². The summed E-state index contributed by atoms with van der Waals surface area (Å²) < 4.78 is 11.2. The lowest BCUT2D eigenvalue weighted by molar-refractivity contribution is -0.302. The lowest BCUT2D eigenvalue weighted by atomic mass is 9.99. The third-order valence-electron chi connectivity index (χ3n) is 11.0. The molecule has 1 aliphatic heterocycles. The Morgan fingerprint density at radius 3 is 1.37 bits per heavy atom. The van der Waals surface area contributed by atoms with E-state index in [0.29, 0.717) is 12.8 Å². The number of nitrogens with one attached hydrogen (secondary N) is 1. The highest BCUT2D eigenvalue weighted by atomic mass is 16.7. The minimum absolute atomic E-state index is 0.133. The van der Waals surface area contributed by atoms with Gasteiger partial charge in [-0.1, -0.05) is 194 Å². The number of ether oxygens (including phenoxy) is 2. The van der Waals surface area contributed by atoms with Gasteiger partial charge in [0.15, 0.2) is 6.29 Å². The number of hydrogen-bond acceptors (Lipinski definition) is 8. The van der Waals surface area contributed by atoms with Crippen LogP contribution in [-0.2, 0) is 14.3 Å². The van der Waals surface area contributed by atoms with Crippen LogP contribution in [0.3, 0.4) is 0 Å². The summed E-state index contributed by atoms with van der Waals surface area (Å²) in [5.74, 6) is -0.143. The summed E-state index contributed by atoms with van der Waals surface area (Å²) in [6.07, 6.45) is 29.8. The van der Waals surface area contributed by atoms with Crippen LogP contribution in [0.15, 0.2) is 0 Å². The molecule has 0 aromatic rings. The van der Waals surface area contributed by atoms with Gasteiger partial charge in [0, 0.05) is 6.42 Å². The maximum atomic E-state index is 12.9. The minimum Gasteiger partial charge on any atom is -0.394 e. The van der Waals surface area contributed by atoms with E-state index in [1.807, 2.05) is 0 Å². The monoisotopic (exact) mass is 744 g/mol. The summed E-state index contributed by atoms with van der Waals surface area (Å²) in [7, 11) is 0. The molecule has 0 aliphatic carbocycles.